The van der Waals surface area contributed by atoms with Gasteiger partial charge in [0.15, 0.2) is 0 Å². The molecule has 0 aliphatic carbocycles. The minimum atomic E-state index is 0.257. The molecule has 2 aromatic carbocycles. The van der Waals surface area contributed by atoms with Gasteiger partial charge in [-0.1, -0.05) is 88.6 Å². The SMILES string of the molecule is CCCCN(CCCC)c1ccc(/C=C/c2ccnc(-c3cc(/C=C/c4ccc(N(CCCC)CCCCO)cc4)ccn3)c2)cc1. The van der Waals surface area contributed by atoms with E-state index < -0.39 is 0 Å². The summed E-state index contributed by atoms with van der Waals surface area (Å²) >= 11 is 0. The van der Waals surface area contributed by atoms with Crippen molar-refractivity contribution in [1.29, 1.82) is 0 Å². The van der Waals surface area contributed by atoms with Crippen molar-refractivity contribution in [2.24, 2.45) is 0 Å². The Morgan fingerprint density at radius 1 is 0.489 bits per heavy atom. The Kier molecular flexibility index (Phi) is 15.2. The van der Waals surface area contributed by atoms with E-state index in [9.17, 15) is 5.11 Å². The van der Waals surface area contributed by atoms with Gasteiger partial charge in [-0.15, -0.1) is 0 Å². The molecule has 0 aliphatic rings. The van der Waals surface area contributed by atoms with Crippen LogP contribution in [0.15, 0.2) is 85.2 Å². The van der Waals surface area contributed by atoms with Crippen molar-refractivity contribution < 1.29 is 5.11 Å². The van der Waals surface area contributed by atoms with Crippen LogP contribution in [0, 0.1) is 0 Å². The number of pyridine rings is 2. The lowest BCUT2D eigenvalue weighted by atomic mass is 10.1. The monoisotopic (exact) mass is 630 g/mol. The fraction of sp³-hybridized carbons (Fsp3) is 0.381. The molecule has 0 atom stereocenters. The number of aliphatic hydroxyl groups excluding tert-OH is 1. The Bertz CT molecular complexity index is 1500. The first-order valence-electron chi connectivity index (χ1n) is 17.7. The van der Waals surface area contributed by atoms with E-state index in [1.807, 2.05) is 24.5 Å². The molecular formula is C42H54N4O. The second-order valence-corrected chi connectivity index (χ2v) is 12.3. The van der Waals surface area contributed by atoms with Crippen LogP contribution in [-0.4, -0.2) is 47.9 Å². The summed E-state index contributed by atoms with van der Waals surface area (Å²) in [5.41, 5.74) is 8.80. The number of benzene rings is 2. The molecule has 0 aliphatic heterocycles. The van der Waals surface area contributed by atoms with Gasteiger partial charge in [-0.05, 0) is 103 Å². The third-order valence-electron chi connectivity index (χ3n) is 8.46. The van der Waals surface area contributed by atoms with Crippen LogP contribution < -0.4 is 9.80 Å². The number of aromatic nitrogens is 2. The second kappa shape index (κ2) is 20.1. The van der Waals surface area contributed by atoms with E-state index in [-0.39, 0.29) is 6.61 Å². The zero-order chi connectivity index (χ0) is 33.1. The molecule has 248 valence electrons. The van der Waals surface area contributed by atoms with Crippen LogP contribution in [-0.2, 0) is 0 Å². The zero-order valence-electron chi connectivity index (χ0n) is 28.8. The number of unbranched alkanes of at least 4 members (excludes halogenated alkanes) is 4. The highest BCUT2D eigenvalue weighted by Crippen LogP contribution is 2.22. The largest absolute Gasteiger partial charge is 0.396 e. The molecule has 4 aromatic rings. The molecule has 0 unspecified atom stereocenters. The highest BCUT2D eigenvalue weighted by atomic mass is 16.2. The van der Waals surface area contributed by atoms with Gasteiger partial charge in [-0.3, -0.25) is 9.97 Å². The van der Waals surface area contributed by atoms with Crippen molar-refractivity contribution in [2.45, 2.75) is 72.1 Å². The van der Waals surface area contributed by atoms with E-state index in [4.69, 9.17) is 0 Å². The zero-order valence-corrected chi connectivity index (χ0v) is 28.8. The highest BCUT2D eigenvalue weighted by Gasteiger charge is 2.07. The molecule has 0 amide bonds. The summed E-state index contributed by atoms with van der Waals surface area (Å²) in [5, 5.41) is 9.19. The highest BCUT2D eigenvalue weighted by molar-refractivity contribution is 5.74. The van der Waals surface area contributed by atoms with Gasteiger partial charge in [0.05, 0.1) is 11.4 Å². The number of hydrogen-bond acceptors (Lipinski definition) is 5. The van der Waals surface area contributed by atoms with E-state index in [2.05, 4.69) is 126 Å². The van der Waals surface area contributed by atoms with Gasteiger partial charge in [0.25, 0.3) is 0 Å². The van der Waals surface area contributed by atoms with Crippen molar-refractivity contribution in [3.8, 4) is 11.4 Å². The first-order chi connectivity index (χ1) is 23.1. The lowest BCUT2D eigenvalue weighted by molar-refractivity contribution is 0.285. The molecule has 0 saturated heterocycles. The van der Waals surface area contributed by atoms with Gasteiger partial charge in [-0.2, -0.15) is 0 Å². The van der Waals surface area contributed by atoms with E-state index in [0.29, 0.717) is 0 Å². The summed E-state index contributed by atoms with van der Waals surface area (Å²) in [5.74, 6) is 0. The first kappa shape index (κ1) is 35.6. The number of rotatable bonds is 20. The standard InChI is InChI=1S/C42H54N4O/c1-4-7-28-45(29-8-5-2)39-20-16-35(17-21-39)12-14-37-24-26-43-41(33-37)42-34-38(25-27-44-42)15-13-36-18-22-40(23-19-36)46(30-9-6-3)31-10-11-32-47/h12-27,33-34,47H,4-11,28-32H2,1-3H3/b14-12+,15-13+. The van der Waals surface area contributed by atoms with E-state index in [1.165, 1.54) is 55.5 Å². The number of nitrogens with zero attached hydrogens (tertiary/aromatic N) is 4. The molecule has 5 heteroatoms. The van der Waals surface area contributed by atoms with E-state index in [0.717, 1.165) is 67.1 Å². The van der Waals surface area contributed by atoms with Gasteiger partial charge in [0.1, 0.15) is 0 Å². The number of anilines is 2. The maximum atomic E-state index is 9.19. The molecule has 47 heavy (non-hydrogen) atoms. The third kappa shape index (κ3) is 11.8. The Labute approximate surface area is 283 Å². The van der Waals surface area contributed by atoms with Gasteiger partial charge >= 0.3 is 0 Å². The van der Waals surface area contributed by atoms with Gasteiger partial charge in [0.2, 0.25) is 0 Å². The van der Waals surface area contributed by atoms with E-state index in [1.54, 1.807) is 0 Å². The van der Waals surface area contributed by atoms with Crippen molar-refractivity contribution in [2.75, 3.05) is 42.6 Å². The summed E-state index contributed by atoms with van der Waals surface area (Å²) in [6.07, 6.45) is 21.4. The Hall–Kier alpha value is -4.22. The summed E-state index contributed by atoms with van der Waals surface area (Å²) in [4.78, 5) is 14.2. The molecule has 0 fully saturated rings. The maximum absolute atomic E-state index is 9.19. The number of aliphatic hydroxyl groups is 1. The van der Waals surface area contributed by atoms with Gasteiger partial charge in [-0.25, -0.2) is 0 Å². The van der Waals surface area contributed by atoms with Crippen LogP contribution in [0.3, 0.4) is 0 Å². The Morgan fingerprint density at radius 3 is 1.26 bits per heavy atom. The summed E-state index contributed by atoms with van der Waals surface area (Å²) in [7, 11) is 0. The molecule has 0 radical (unpaired) electrons. The number of hydrogen-bond donors (Lipinski definition) is 1. The van der Waals surface area contributed by atoms with Crippen LogP contribution >= 0.6 is 0 Å². The Morgan fingerprint density at radius 2 is 0.872 bits per heavy atom. The van der Waals surface area contributed by atoms with Crippen molar-refractivity contribution in [3.05, 3.63) is 107 Å². The smallest absolute Gasteiger partial charge is 0.0892 e. The molecule has 4 rings (SSSR count). The molecule has 2 heterocycles. The molecule has 0 bridgehead atoms. The van der Waals surface area contributed by atoms with Crippen molar-refractivity contribution in [3.63, 3.8) is 0 Å². The fourth-order valence-corrected chi connectivity index (χ4v) is 5.56. The van der Waals surface area contributed by atoms with Crippen molar-refractivity contribution >= 4 is 35.7 Å². The van der Waals surface area contributed by atoms with Crippen molar-refractivity contribution in [1.82, 2.24) is 9.97 Å². The molecule has 2 aromatic heterocycles. The summed E-state index contributed by atoms with van der Waals surface area (Å²) in [6, 6.07) is 26.0. The molecule has 0 saturated carbocycles. The summed E-state index contributed by atoms with van der Waals surface area (Å²) < 4.78 is 0. The first-order valence-corrected chi connectivity index (χ1v) is 17.7. The predicted octanol–water partition coefficient (Wildman–Crippen LogP) is 10.3. The minimum Gasteiger partial charge on any atom is -0.396 e. The third-order valence-corrected chi connectivity index (χ3v) is 8.46. The minimum absolute atomic E-state index is 0.257. The molecule has 0 spiro atoms. The second-order valence-electron chi connectivity index (χ2n) is 12.3. The lowest BCUT2D eigenvalue weighted by Crippen LogP contribution is -2.25. The predicted molar refractivity (Wildman–Crippen MR) is 204 cm³/mol. The van der Waals surface area contributed by atoms with Crippen LogP contribution in [0.4, 0.5) is 11.4 Å². The average molecular weight is 631 g/mol. The maximum Gasteiger partial charge on any atom is 0.0892 e. The average Bonchev–Trinajstić information content (AvgIpc) is 3.12. The quantitative estimate of drug-likeness (QED) is 0.0985. The van der Waals surface area contributed by atoms with Gasteiger partial charge < -0.3 is 14.9 Å². The molecule has 1 N–H and O–H groups in total. The lowest BCUT2D eigenvalue weighted by Gasteiger charge is -2.25. The Balaban J connectivity index is 1.40. The molecule has 5 nitrogen and oxygen atoms in total. The van der Waals surface area contributed by atoms with Gasteiger partial charge in [0, 0.05) is 56.6 Å². The van der Waals surface area contributed by atoms with Crippen LogP contribution in [0.1, 0.15) is 94.4 Å². The van der Waals surface area contributed by atoms with Crippen LogP contribution in [0.25, 0.3) is 35.7 Å². The molecular weight excluding hydrogens is 576 g/mol. The topological polar surface area (TPSA) is 52.5 Å². The van der Waals surface area contributed by atoms with Crippen LogP contribution in [0.2, 0.25) is 0 Å². The van der Waals surface area contributed by atoms with E-state index >= 15 is 0 Å². The summed E-state index contributed by atoms with van der Waals surface area (Å²) in [6.45, 7) is 11.3. The normalized spacial score (nSPS) is 11.5. The van der Waals surface area contributed by atoms with Crippen LogP contribution in [0.5, 0.6) is 0 Å². The fourth-order valence-electron chi connectivity index (χ4n) is 5.56.